The third-order valence-electron chi connectivity index (χ3n) is 5.56. The normalized spacial score (nSPS) is 49.9. The first-order valence-electron chi connectivity index (χ1n) is 7.28. The molecule has 0 radical (unpaired) electrons. The maximum atomic E-state index is 12.7. The number of hydrogen-bond donors (Lipinski definition) is 0. The lowest BCUT2D eigenvalue weighted by Gasteiger charge is -2.43. The second kappa shape index (κ2) is 4.57. The van der Waals surface area contributed by atoms with Crippen LogP contribution < -0.4 is 0 Å². The fourth-order valence-electron chi connectivity index (χ4n) is 3.93. The molecule has 0 amide bonds. The number of hydrogen-bond acceptors (Lipinski definition) is 4. The third kappa shape index (κ3) is 1.83. The summed E-state index contributed by atoms with van der Waals surface area (Å²) < 4.78 is 11.6. The summed E-state index contributed by atoms with van der Waals surface area (Å²) in [7, 11) is 0. The summed E-state index contributed by atoms with van der Waals surface area (Å²) in [6.45, 7) is 4.88. The molecule has 3 fully saturated rings. The zero-order valence-corrected chi connectivity index (χ0v) is 11.6. The van der Waals surface area contributed by atoms with Crippen molar-refractivity contribution in [1.82, 2.24) is 0 Å². The van der Waals surface area contributed by atoms with Gasteiger partial charge in [-0.05, 0) is 38.5 Å². The summed E-state index contributed by atoms with van der Waals surface area (Å²) in [5.74, 6) is 0.336. The van der Waals surface area contributed by atoms with Gasteiger partial charge in [-0.3, -0.25) is 4.79 Å². The van der Waals surface area contributed by atoms with Gasteiger partial charge in [0.1, 0.15) is 5.92 Å². The molecule has 0 unspecified atom stereocenters. The Morgan fingerprint density at radius 2 is 2.16 bits per heavy atom. The first kappa shape index (κ1) is 13.1. The van der Waals surface area contributed by atoms with Crippen molar-refractivity contribution in [3.8, 4) is 6.07 Å². The molecule has 0 N–H and O–H groups in total. The predicted octanol–water partition coefficient (Wildman–Crippen LogP) is 2.28. The van der Waals surface area contributed by atoms with E-state index >= 15 is 0 Å². The molecule has 0 spiro atoms. The molecule has 104 valence electrons. The van der Waals surface area contributed by atoms with Crippen molar-refractivity contribution < 1.29 is 14.3 Å². The van der Waals surface area contributed by atoms with E-state index in [2.05, 4.69) is 13.0 Å². The minimum atomic E-state index is -0.521. The molecule has 4 heteroatoms. The Bertz CT molecular complexity index is 418. The Balaban J connectivity index is 1.84. The topological polar surface area (TPSA) is 59.3 Å². The number of rotatable bonds is 1. The monoisotopic (exact) mass is 263 g/mol. The third-order valence-corrected chi connectivity index (χ3v) is 5.56. The Labute approximate surface area is 114 Å². The number of carbonyl (C=O) groups is 1. The summed E-state index contributed by atoms with van der Waals surface area (Å²) in [6.07, 6.45) is 3.35. The molecule has 3 aliphatic rings. The maximum Gasteiger partial charge on any atom is 0.160 e. The average molecular weight is 263 g/mol. The minimum absolute atomic E-state index is 0.0820. The van der Waals surface area contributed by atoms with Crippen molar-refractivity contribution >= 4 is 5.78 Å². The van der Waals surface area contributed by atoms with E-state index in [4.69, 9.17) is 14.7 Å². The van der Waals surface area contributed by atoms with E-state index in [-0.39, 0.29) is 24.1 Å². The van der Waals surface area contributed by atoms with Crippen LogP contribution in [0.5, 0.6) is 0 Å². The fourth-order valence-corrected chi connectivity index (χ4v) is 3.93. The van der Waals surface area contributed by atoms with Crippen molar-refractivity contribution in [2.24, 2.45) is 23.2 Å². The van der Waals surface area contributed by atoms with Crippen molar-refractivity contribution in [2.75, 3.05) is 6.61 Å². The van der Waals surface area contributed by atoms with Gasteiger partial charge in [-0.25, -0.2) is 0 Å². The summed E-state index contributed by atoms with van der Waals surface area (Å²) >= 11 is 0. The summed E-state index contributed by atoms with van der Waals surface area (Å²) in [6, 6.07) is 2.17. The zero-order valence-electron chi connectivity index (χ0n) is 11.6. The lowest BCUT2D eigenvalue weighted by molar-refractivity contribution is -0.170. The van der Waals surface area contributed by atoms with E-state index in [1.807, 2.05) is 6.92 Å². The molecule has 6 atom stereocenters. The van der Waals surface area contributed by atoms with Crippen molar-refractivity contribution in [1.29, 1.82) is 5.26 Å². The molecule has 2 aliphatic heterocycles. The molecule has 0 aromatic rings. The summed E-state index contributed by atoms with van der Waals surface area (Å²) in [5.41, 5.74) is -0.521. The first-order valence-corrected chi connectivity index (χ1v) is 7.28. The number of ether oxygens (including phenoxy) is 2. The predicted molar refractivity (Wildman–Crippen MR) is 68.0 cm³/mol. The molecule has 0 aromatic carbocycles. The van der Waals surface area contributed by atoms with Crippen LogP contribution in [0.2, 0.25) is 0 Å². The van der Waals surface area contributed by atoms with Gasteiger partial charge in [-0.15, -0.1) is 0 Å². The number of nitriles is 1. The minimum Gasteiger partial charge on any atom is -0.352 e. The van der Waals surface area contributed by atoms with Gasteiger partial charge < -0.3 is 9.47 Å². The molecular weight excluding hydrogens is 242 g/mol. The Morgan fingerprint density at radius 1 is 1.37 bits per heavy atom. The largest absolute Gasteiger partial charge is 0.352 e. The van der Waals surface area contributed by atoms with Crippen LogP contribution >= 0.6 is 0 Å². The van der Waals surface area contributed by atoms with Gasteiger partial charge >= 0.3 is 0 Å². The van der Waals surface area contributed by atoms with E-state index in [1.165, 1.54) is 0 Å². The van der Waals surface area contributed by atoms with Gasteiger partial charge in [-0.2, -0.15) is 5.26 Å². The molecule has 0 bridgehead atoms. The van der Waals surface area contributed by atoms with Gasteiger partial charge in [-0.1, -0.05) is 6.92 Å². The number of carbonyl (C=O) groups excluding carboxylic acids is 1. The van der Waals surface area contributed by atoms with Crippen LogP contribution in [0.15, 0.2) is 0 Å². The van der Waals surface area contributed by atoms with Gasteiger partial charge in [0, 0.05) is 5.92 Å². The molecule has 1 saturated carbocycles. The van der Waals surface area contributed by atoms with Crippen LogP contribution in [-0.4, -0.2) is 24.8 Å². The van der Waals surface area contributed by atoms with Gasteiger partial charge in [0.2, 0.25) is 0 Å². The molecule has 3 rings (SSSR count). The summed E-state index contributed by atoms with van der Waals surface area (Å²) in [5, 5.41) is 9.15. The van der Waals surface area contributed by atoms with E-state index < -0.39 is 11.3 Å². The second-order valence-electron chi connectivity index (χ2n) is 6.46. The van der Waals surface area contributed by atoms with E-state index in [9.17, 15) is 4.79 Å². The molecule has 19 heavy (non-hydrogen) atoms. The van der Waals surface area contributed by atoms with Crippen LogP contribution in [0.3, 0.4) is 0 Å². The molecule has 2 saturated heterocycles. The summed E-state index contributed by atoms with van der Waals surface area (Å²) in [4.78, 5) is 12.7. The molecule has 0 aromatic heterocycles. The number of ketones is 1. The fraction of sp³-hybridized carbons (Fsp3) is 0.867. The molecule has 1 aliphatic carbocycles. The van der Waals surface area contributed by atoms with Crippen LogP contribution in [0.25, 0.3) is 0 Å². The highest BCUT2D eigenvalue weighted by Gasteiger charge is 2.56. The van der Waals surface area contributed by atoms with E-state index in [0.29, 0.717) is 12.3 Å². The van der Waals surface area contributed by atoms with Gasteiger partial charge in [0.15, 0.2) is 12.1 Å². The highest BCUT2D eigenvalue weighted by atomic mass is 16.7. The van der Waals surface area contributed by atoms with Gasteiger partial charge in [0.25, 0.3) is 0 Å². The van der Waals surface area contributed by atoms with Crippen molar-refractivity contribution in [2.45, 2.75) is 51.9 Å². The molecule has 2 heterocycles. The average Bonchev–Trinajstić information content (AvgIpc) is 2.97. The SMILES string of the molecule is C[C@@H]1CC[C@@H](C#N)C(=O)[C@@]1(C)[C@@H]1C[C@@H]2CCO[C@@H]2O1. The van der Waals surface area contributed by atoms with E-state index in [0.717, 1.165) is 25.9 Å². The van der Waals surface area contributed by atoms with Gasteiger partial charge in [0.05, 0.1) is 24.2 Å². The van der Waals surface area contributed by atoms with Crippen LogP contribution in [0, 0.1) is 34.5 Å². The quantitative estimate of drug-likeness (QED) is 0.728. The van der Waals surface area contributed by atoms with E-state index in [1.54, 1.807) is 0 Å². The molecule has 4 nitrogen and oxygen atoms in total. The number of nitrogens with zero attached hydrogens (tertiary/aromatic N) is 1. The second-order valence-corrected chi connectivity index (χ2v) is 6.46. The first-order chi connectivity index (χ1) is 9.07. The maximum absolute atomic E-state index is 12.7. The van der Waals surface area contributed by atoms with Crippen LogP contribution in [0.4, 0.5) is 0 Å². The molecular formula is C15H21NO3. The van der Waals surface area contributed by atoms with Crippen molar-refractivity contribution in [3.63, 3.8) is 0 Å². The number of Topliss-reactive ketones (excluding diaryl/α,β-unsaturated/α-hetero) is 1. The number of fused-ring (bicyclic) bond motifs is 1. The Hall–Kier alpha value is -0.920. The Kier molecular flexibility index (Phi) is 3.15. The lowest BCUT2D eigenvalue weighted by atomic mass is 9.60. The van der Waals surface area contributed by atoms with Crippen LogP contribution in [0.1, 0.15) is 39.5 Å². The Morgan fingerprint density at radius 3 is 2.84 bits per heavy atom. The highest BCUT2D eigenvalue weighted by molar-refractivity contribution is 5.90. The standard InChI is InChI=1S/C15H21NO3/c1-9-3-4-11(8-16)13(17)15(9,2)12-7-10-5-6-18-14(10)19-12/h9-12,14H,3-7H2,1-2H3/t9-,10+,11+,12+,14-,15-/m1/s1. The van der Waals surface area contributed by atoms with Crippen LogP contribution in [-0.2, 0) is 14.3 Å². The highest BCUT2D eigenvalue weighted by Crippen LogP contribution is 2.50. The lowest BCUT2D eigenvalue weighted by Crippen LogP contribution is -2.50. The smallest absolute Gasteiger partial charge is 0.160 e. The van der Waals surface area contributed by atoms with Crippen molar-refractivity contribution in [3.05, 3.63) is 0 Å². The zero-order chi connectivity index (χ0) is 13.6.